The average molecular weight is 180 g/mol. The van der Waals surface area contributed by atoms with Crippen LogP contribution in [0.15, 0.2) is 12.5 Å². The van der Waals surface area contributed by atoms with E-state index in [0.29, 0.717) is 5.69 Å². The monoisotopic (exact) mass is 180 g/mol. The minimum Gasteiger partial charge on any atom is -0.325 e. The Balaban J connectivity index is 3.01. The number of rotatable bonds is 2. The topological polar surface area (TPSA) is 34.9 Å². The summed E-state index contributed by atoms with van der Waals surface area (Å²) in [6.07, 6.45) is 4.14. The van der Waals surface area contributed by atoms with E-state index >= 15 is 0 Å². The SMILES string of the molecule is CC(n1cncc1C=O)C(C)(C)C. The first-order valence-corrected chi connectivity index (χ1v) is 4.44. The van der Waals surface area contributed by atoms with Crippen molar-refractivity contribution < 1.29 is 4.79 Å². The fraction of sp³-hybridized carbons (Fsp3) is 0.600. The number of aromatic nitrogens is 2. The first-order valence-electron chi connectivity index (χ1n) is 4.44. The highest BCUT2D eigenvalue weighted by molar-refractivity contribution is 5.71. The smallest absolute Gasteiger partial charge is 0.168 e. The minimum absolute atomic E-state index is 0.137. The van der Waals surface area contributed by atoms with Gasteiger partial charge in [-0.15, -0.1) is 0 Å². The lowest BCUT2D eigenvalue weighted by atomic mass is 9.88. The van der Waals surface area contributed by atoms with Gasteiger partial charge in [0.2, 0.25) is 0 Å². The van der Waals surface area contributed by atoms with Crippen LogP contribution in [0, 0.1) is 5.41 Å². The van der Waals surface area contributed by atoms with Crippen molar-refractivity contribution in [2.75, 3.05) is 0 Å². The van der Waals surface area contributed by atoms with Crippen LogP contribution in [0.2, 0.25) is 0 Å². The molecule has 0 amide bonds. The van der Waals surface area contributed by atoms with Crippen LogP contribution in [0.1, 0.15) is 44.2 Å². The maximum absolute atomic E-state index is 10.7. The van der Waals surface area contributed by atoms with Gasteiger partial charge in [0, 0.05) is 6.04 Å². The Bertz CT molecular complexity index is 296. The van der Waals surface area contributed by atoms with Gasteiger partial charge in [0.15, 0.2) is 6.29 Å². The highest BCUT2D eigenvalue weighted by Crippen LogP contribution is 2.30. The average Bonchev–Trinajstić information content (AvgIpc) is 2.48. The van der Waals surface area contributed by atoms with Crippen LogP contribution in [0.25, 0.3) is 0 Å². The van der Waals surface area contributed by atoms with E-state index < -0.39 is 0 Å². The Morgan fingerprint density at radius 1 is 1.54 bits per heavy atom. The van der Waals surface area contributed by atoms with Gasteiger partial charge < -0.3 is 4.57 Å². The van der Waals surface area contributed by atoms with Gasteiger partial charge in [0.25, 0.3) is 0 Å². The molecule has 0 radical (unpaired) electrons. The molecule has 1 heterocycles. The Kier molecular flexibility index (Phi) is 2.55. The summed E-state index contributed by atoms with van der Waals surface area (Å²) in [6, 6.07) is 0.273. The van der Waals surface area contributed by atoms with Crippen LogP contribution >= 0.6 is 0 Å². The molecule has 0 aliphatic heterocycles. The van der Waals surface area contributed by atoms with Gasteiger partial charge in [0.1, 0.15) is 5.69 Å². The van der Waals surface area contributed by atoms with Gasteiger partial charge in [-0.1, -0.05) is 20.8 Å². The van der Waals surface area contributed by atoms with Gasteiger partial charge in [-0.25, -0.2) is 4.98 Å². The maximum atomic E-state index is 10.7. The molecular formula is C10H16N2O. The van der Waals surface area contributed by atoms with Gasteiger partial charge >= 0.3 is 0 Å². The second-order valence-corrected chi connectivity index (χ2v) is 4.39. The van der Waals surface area contributed by atoms with Crippen molar-refractivity contribution in [3.8, 4) is 0 Å². The highest BCUT2D eigenvalue weighted by Gasteiger charge is 2.22. The summed E-state index contributed by atoms with van der Waals surface area (Å²) in [4.78, 5) is 14.6. The van der Waals surface area contributed by atoms with Crippen molar-refractivity contribution in [2.45, 2.75) is 33.7 Å². The number of aldehydes is 1. The number of imidazole rings is 1. The molecule has 1 atom stereocenters. The van der Waals surface area contributed by atoms with E-state index in [0.717, 1.165) is 6.29 Å². The number of carbonyl (C=O) groups is 1. The molecule has 3 nitrogen and oxygen atoms in total. The summed E-state index contributed by atoms with van der Waals surface area (Å²) in [6.45, 7) is 8.53. The third-order valence-electron chi connectivity index (χ3n) is 2.49. The minimum atomic E-state index is 0.137. The lowest BCUT2D eigenvalue weighted by Gasteiger charge is -2.28. The van der Waals surface area contributed by atoms with Crippen molar-refractivity contribution in [3.05, 3.63) is 18.2 Å². The van der Waals surface area contributed by atoms with Crippen molar-refractivity contribution in [2.24, 2.45) is 5.41 Å². The number of carbonyl (C=O) groups excluding carboxylic acids is 1. The molecule has 72 valence electrons. The van der Waals surface area contributed by atoms with E-state index in [4.69, 9.17) is 0 Å². The molecule has 13 heavy (non-hydrogen) atoms. The van der Waals surface area contributed by atoms with E-state index in [1.165, 1.54) is 0 Å². The first kappa shape index (κ1) is 9.96. The standard InChI is InChI=1S/C10H16N2O/c1-8(10(2,3)4)12-7-11-5-9(12)6-13/h5-8H,1-4H3. The molecule has 0 aliphatic rings. The molecule has 0 fully saturated rings. The van der Waals surface area contributed by atoms with Gasteiger partial charge in [-0.2, -0.15) is 0 Å². The maximum Gasteiger partial charge on any atom is 0.168 e. The molecule has 1 rings (SSSR count). The van der Waals surface area contributed by atoms with Crippen LogP contribution in [-0.4, -0.2) is 15.8 Å². The van der Waals surface area contributed by atoms with Gasteiger partial charge in [-0.3, -0.25) is 4.79 Å². The Labute approximate surface area is 78.8 Å². The molecule has 0 aliphatic carbocycles. The Morgan fingerprint density at radius 3 is 2.62 bits per heavy atom. The van der Waals surface area contributed by atoms with E-state index in [1.54, 1.807) is 12.5 Å². The quantitative estimate of drug-likeness (QED) is 0.654. The number of hydrogen-bond acceptors (Lipinski definition) is 2. The summed E-state index contributed by atoms with van der Waals surface area (Å²) in [5.74, 6) is 0. The molecular weight excluding hydrogens is 164 g/mol. The summed E-state index contributed by atoms with van der Waals surface area (Å²) >= 11 is 0. The molecule has 0 spiro atoms. The van der Waals surface area contributed by atoms with Crippen LogP contribution in [-0.2, 0) is 0 Å². The molecule has 0 aromatic carbocycles. The Morgan fingerprint density at radius 2 is 2.15 bits per heavy atom. The molecule has 1 aromatic heterocycles. The zero-order chi connectivity index (χ0) is 10.1. The second-order valence-electron chi connectivity index (χ2n) is 4.39. The normalized spacial score (nSPS) is 14.2. The van der Waals surface area contributed by atoms with Crippen molar-refractivity contribution in [3.63, 3.8) is 0 Å². The Hall–Kier alpha value is -1.12. The lowest BCUT2D eigenvalue weighted by Crippen LogP contribution is -2.22. The first-order chi connectivity index (χ1) is 5.96. The predicted octanol–water partition coefficient (Wildman–Crippen LogP) is 2.30. The zero-order valence-electron chi connectivity index (χ0n) is 8.61. The summed E-state index contributed by atoms with van der Waals surface area (Å²) < 4.78 is 1.91. The van der Waals surface area contributed by atoms with E-state index in [1.807, 2.05) is 4.57 Å². The zero-order valence-corrected chi connectivity index (χ0v) is 8.61. The van der Waals surface area contributed by atoms with Crippen molar-refractivity contribution >= 4 is 6.29 Å². The lowest BCUT2D eigenvalue weighted by molar-refractivity contribution is 0.110. The van der Waals surface area contributed by atoms with Crippen LogP contribution in [0.4, 0.5) is 0 Å². The number of hydrogen-bond donors (Lipinski definition) is 0. The van der Waals surface area contributed by atoms with Gasteiger partial charge in [0.05, 0.1) is 12.5 Å². The van der Waals surface area contributed by atoms with Gasteiger partial charge in [-0.05, 0) is 12.3 Å². The molecule has 0 N–H and O–H groups in total. The third kappa shape index (κ3) is 1.97. The van der Waals surface area contributed by atoms with E-state index in [-0.39, 0.29) is 11.5 Å². The molecule has 1 aromatic rings. The fourth-order valence-corrected chi connectivity index (χ4v) is 1.15. The summed E-state index contributed by atoms with van der Waals surface area (Å²) in [7, 11) is 0. The molecule has 0 saturated carbocycles. The molecule has 3 heteroatoms. The summed E-state index contributed by atoms with van der Waals surface area (Å²) in [5, 5.41) is 0. The van der Waals surface area contributed by atoms with Crippen molar-refractivity contribution in [1.29, 1.82) is 0 Å². The fourth-order valence-electron chi connectivity index (χ4n) is 1.15. The second kappa shape index (κ2) is 3.32. The third-order valence-corrected chi connectivity index (χ3v) is 2.49. The van der Waals surface area contributed by atoms with Crippen LogP contribution in [0.5, 0.6) is 0 Å². The number of nitrogens with zero attached hydrogens (tertiary/aromatic N) is 2. The van der Waals surface area contributed by atoms with E-state index in [9.17, 15) is 4.79 Å². The predicted molar refractivity (Wildman–Crippen MR) is 51.8 cm³/mol. The van der Waals surface area contributed by atoms with Crippen molar-refractivity contribution in [1.82, 2.24) is 9.55 Å². The van der Waals surface area contributed by atoms with E-state index in [2.05, 4.69) is 32.7 Å². The molecule has 0 bridgehead atoms. The van der Waals surface area contributed by atoms with Crippen LogP contribution in [0.3, 0.4) is 0 Å². The largest absolute Gasteiger partial charge is 0.325 e. The molecule has 0 saturated heterocycles. The molecule has 1 unspecified atom stereocenters. The highest BCUT2D eigenvalue weighted by atomic mass is 16.1. The van der Waals surface area contributed by atoms with Crippen LogP contribution < -0.4 is 0 Å². The summed E-state index contributed by atoms with van der Waals surface area (Å²) in [5.41, 5.74) is 0.778.